The summed E-state index contributed by atoms with van der Waals surface area (Å²) in [5.41, 5.74) is 2.07. The fourth-order valence-corrected chi connectivity index (χ4v) is 7.93. The topological polar surface area (TPSA) is 110 Å². The van der Waals surface area contributed by atoms with Crippen molar-refractivity contribution in [2.24, 2.45) is 0 Å². The normalized spacial score (nSPS) is 25.9. The number of hydrogen-bond acceptors (Lipinski definition) is 5. The van der Waals surface area contributed by atoms with Crippen LogP contribution < -0.4 is 0 Å². The summed E-state index contributed by atoms with van der Waals surface area (Å²) in [6, 6.07) is 3.53. The van der Waals surface area contributed by atoms with E-state index in [1.807, 2.05) is 12.3 Å². The van der Waals surface area contributed by atoms with Crippen molar-refractivity contribution in [1.29, 1.82) is 0 Å². The maximum atomic E-state index is 13.5. The molecule has 3 aliphatic rings. The molecule has 2 atom stereocenters. The predicted molar refractivity (Wildman–Crippen MR) is 126 cm³/mol. The zero-order valence-electron chi connectivity index (χ0n) is 18.9. The zero-order valence-corrected chi connectivity index (χ0v) is 19.7. The third-order valence-corrected chi connectivity index (χ3v) is 10.1. The molecule has 9 nitrogen and oxygen atoms in total. The Labute approximate surface area is 194 Å². The molecule has 180 valence electrons. The number of aromatic amines is 1. The van der Waals surface area contributed by atoms with Gasteiger partial charge in [0.2, 0.25) is 10.0 Å². The first-order valence-electron chi connectivity index (χ1n) is 12.1. The molecular weight excluding hydrogens is 442 g/mol. The molecule has 0 aliphatic carbocycles. The molecule has 2 aromatic rings. The van der Waals surface area contributed by atoms with E-state index in [2.05, 4.69) is 20.9 Å². The highest BCUT2D eigenvalue weighted by Gasteiger charge is 2.51. The SMILES string of the molecule is O=C(O)N1CC(S(=O)(=O)N2CCC(c3c[nH]c4ncccc34)CC2)C1CCN1CCCCC1. The minimum absolute atomic E-state index is 0.0797. The minimum Gasteiger partial charge on any atom is -0.465 e. The van der Waals surface area contributed by atoms with E-state index in [0.29, 0.717) is 25.4 Å². The number of fused-ring (bicyclic) bond motifs is 1. The van der Waals surface area contributed by atoms with Crippen LogP contribution in [0.5, 0.6) is 0 Å². The number of sulfonamides is 1. The Morgan fingerprint density at radius 2 is 1.91 bits per heavy atom. The van der Waals surface area contributed by atoms with Crippen LogP contribution in [-0.2, 0) is 10.0 Å². The van der Waals surface area contributed by atoms with Gasteiger partial charge in [0, 0.05) is 44.0 Å². The van der Waals surface area contributed by atoms with Crippen LogP contribution in [0.1, 0.15) is 50.0 Å². The Morgan fingerprint density at radius 3 is 2.64 bits per heavy atom. The van der Waals surface area contributed by atoms with Crippen LogP contribution in [0.2, 0.25) is 0 Å². The lowest BCUT2D eigenvalue weighted by molar-refractivity contribution is 0.0650. The number of nitrogens with zero attached hydrogens (tertiary/aromatic N) is 4. The average molecular weight is 476 g/mol. The van der Waals surface area contributed by atoms with E-state index < -0.39 is 27.4 Å². The van der Waals surface area contributed by atoms with Crippen molar-refractivity contribution >= 4 is 27.1 Å². The lowest BCUT2D eigenvalue weighted by atomic mass is 9.90. The van der Waals surface area contributed by atoms with Gasteiger partial charge in [-0.25, -0.2) is 22.5 Å². The van der Waals surface area contributed by atoms with Gasteiger partial charge < -0.3 is 19.9 Å². The first-order valence-corrected chi connectivity index (χ1v) is 13.6. The number of carboxylic acid groups (broad SMARTS) is 1. The van der Waals surface area contributed by atoms with E-state index in [4.69, 9.17) is 0 Å². The summed E-state index contributed by atoms with van der Waals surface area (Å²) < 4.78 is 28.6. The van der Waals surface area contributed by atoms with Crippen molar-refractivity contribution in [3.8, 4) is 0 Å². The number of amides is 1. The molecule has 33 heavy (non-hydrogen) atoms. The van der Waals surface area contributed by atoms with Crippen LogP contribution in [-0.4, -0.2) is 94.3 Å². The third kappa shape index (κ3) is 4.36. The standard InChI is InChI=1S/C23H33N5O4S/c29-23(30)28-16-21(20(28)8-12-26-10-2-1-3-11-26)33(31,32)27-13-6-17(7-14-27)19-15-25-22-18(19)5-4-9-24-22/h4-5,9,15,17,20-21H,1-3,6-8,10-14,16H2,(H,24,25)(H,29,30). The first-order chi connectivity index (χ1) is 15.9. The number of carbonyl (C=O) groups is 1. The summed E-state index contributed by atoms with van der Waals surface area (Å²) in [7, 11) is -3.54. The summed E-state index contributed by atoms with van der Waals surface area (Å²) >= 11 is 0. The van der Waals surface area contributed by atoms with Gasteiger partial charge in [0.15, 0.2) is 0 Å². The third-order valence-electron chi connectivity index (χ3n) is 7.76. The van der Waals surface area contributed by atoms with Crippen molar-refractivity contribution in [3.63, 3.8) is 0 Å². The van der Waals surface area contributed by atoms with Gasteiger partial charge in [-0.15, -0.1) is 0 Å². The van der Waals surface area contributed by atoms with Crippen LogP contribution in [0, 0.1) is 0 Å². The number of hydrogen-bond donors (Lipinski definition) is 2. The quantitative estimate of drug-likeness (QED) is 0.665. The maximum absolute atomic E-state index is 13.5. The van der Waals surface area contributed by atoms with Crippen LogP contribution in [0.4, 0.5) is 4.79 Å². The molecule has 3 fully saturated rings. The monoisotopic (exact) mass is 475 g/mol. The highest BCUT2D eigenvalue weighted by atomic mass is 32.2. The molecule has 0 bridgehead atoms. The van der Waals surface area contributed by atoms with Crippen LogP contribution >= 0.6 is 0 Å². The zero-order chi connectivity index (χ0) is 23.0. The molecule has 0 aromatic carbocycles. The first kappa shape index (κ1) is 22.6. The Morgan fingerprint density at radius 1 is 1.15 bits per heavy atom. The highest BCUT2D eigenvalue weighted by molar-refractivity contribution is 7.89. The predicted octanol–water partition coefficient (Wildman–Crippen LogP) is 2.68. The molecule has 5 rings (SSSR count). The number of rotatable bonds is 6. The number of pyridine rings is 1. The lowest BCUT2D eigenvalue weighted by Crippen LogP contribution is -2.67. The molecule has 5 heterocycles. The van der Waals surface area contributed by atoms with Gasteiger partial charge in [-0.3, -0.25) is 0 Å². The molecule has 0 spiro atoms. The minimum atomic E-state index is -3.54. The number of likely N-dealkylation sites (tertiary alicyclic amines) is 2. The van der Waals surface area contributed by atoms with Crippen molar-refractivity contribution in [1.82, 2.24) is 24.1 Å². The fraction of sp³-hybridized carbons (Fsp3) is 0.652. The van der Waals surface area contributed by atoms with E-state index in [1.54, 1.807) is 10.5 Å². The van der Waals surface area contributed by atoms with Crippen molar-refractivity contribution in [2.45, 2.75) is 55.7 Å². The van der Waals surface area contributed by atoms with E-state index in [0.717, 1.165) is 56.4 Å². The summed E-state index contributed by atoms with van der Waals surface area (Å²) in [5.74, 6) is 0.293. The molecule has 0 radical (unpaired) electrons. The Kier molecular flexibility index (Phi) is 6.32. The number of nitrogens with one attached hydrogen (secondary N) is 1. The molecule has 2 aromatic heterocycles. The number of aromatic nitrogens is 2. The molecule has 2 N–H and O–H groups in total. The highest BCUT2D eigenvalue weighted by Crippen LogP contribution is 2.36. The summed E-state index contributed by atoms with van der Waals surface area (Å²) in [6.45, 7) is 3.83. The van der Waals surface area contributed by atoms with Crippen LogP contribution in [0.15, 0.2) is 24.5 Å². The molecule has 3 aliphatic heterocycles. The summed E-state index contributed by atoms with van der Waals surface area (Å²) in [4.78, 5) is 22.9. The second-order valence-corrected chi connectivity index (χ2v) is 11.7. The Hall–Kier alpha value is -2.17. The number of piperidine rings is 2. The second-order valence-electron chi connectivity index (χ2n) is 9.59. The molecule has 2 unspecified atom stereocenters. The Balaban J connectivity index is 1.23. The van der Waals surface area contributed by atoms with Gasteiger partial charge in [-0.05, 0) is 68.8 Å². The molecular formula is C23H33N5O4S. The van der Waals surface area contributed by atoms with Gasteiger partial charge in [0.05, 0.1) is 6.04 Å². The van der Waals surface area contributed by atoms with Gasteiger partial charge in [-0.1, -0.05) is 6.42 Å². The van der Waals surface area contributed by atoms with E-state index >= 15 is 0 Å². The fourth-order valence-electron chi connectivity index (χ4n) is 5.79. The van der Waals surface area contributed by atoms with Gasteiger partial charge >= 0.3 is 6.09 Å². The van der Waals surface area contributed by atoms with E-state index in [9.17, 15) is 18.3 Å². The maximum Gasteiger partial charge on any atom is 0.407 e. The lowest BCUT2D eigenvalue weighted by Gasteiger charge is -2.48. The van der Waals surface area contributed by atoms with Crippen LogP contribution in [0.3, 0.4) is 0 Å². The molecule has 10 heteroatoms. The largest absolute Gasteiger partial charge is 0.465 e. The van der Waals surface area contributed by atoms with Crippen molar-refractivity contribution in [3.05, 3.63) is 30.1 Å². The second kappa shape index (κ2) is 9.23. The van der Waals surface area contributed by atoms with Crippen LogP contribution in [0.25, 0.3) is 11.0 Å². The summed E-state index contributed by atoms with van der Waals surface area (Å²) in [5, 5.41) is 10.0. The van der Waals surface area contributed by atoms with Gasteiger partial charge in [0.1, 0.15) is 10.9 Å². The smallest absolute Gasteiger partial charge is 0.407 e. The Bertz CT molecular complexity index is 1090. The summed E-state index contributed by atoms with van der Waals surface area (Å²) in [6.07, 6.45) is 8.41. The molecule has 0 saturated carbocycles. The van der Waals surface area contributed by atoms with Gasteiger partial charge in [0.25, 0.3) is 0 Å². The average Bonchev–Trinajstić information content (AvgIpc) is 3.23. The van der Waals surface area contributed by atoms with E-state index in [-0.39, 0.29) is 6.54 Å². The number of H-pyrrole nitrogens is 1. The van der Waals surface area contributed by atoms with Gasteiger partial charge in [-0.2, -0.15) is 0 Å². The molecule has 1 amide bonds. The van der Waals surface area contributed by atoms with Crippen molar-refractivity contribution < 1.29 is 18.3 Å². The molecule has 3 saturated heterocycles. The van der Waals surface area contributed by atoms with E-state index in [1.165, 1.54) is 16.9 Å². The van der Waals surface area contributed by atoms with Crippen molar-refractivity contribution in [2.75, 3.05) is 39.3 Å².